The van der Waals surface area contributed by atoms with E-state index in [1.54, 1.807) is 0 Å². The Kier molecular flexibility index (Phi) is 23.7. The zero-order chi connectivity index (χ0) is 13.5. The Bertz CT molecular complexity index is 343. The van der Waals surface area contributed by atoms with Gasteiger partial charge >= 0.3 is 69.9 Å². The molecule has 0 aromatic heterocycles. The van der Waals surface area contributed by atoms with Crippen molar-refractivity contribution in [1.29, 1.82) is 0 Å². The van der Waals surface area contributed by atoms with Gasteiger partial charge in [-0.05, 0) is 0 Å². The van der Waals surface area contributed by atoms with Crippen LogP contribution < -0.4 is 0 Å². The molecule has 0 spiro atoms. The van der Waals surface area contributed by atoms with Gasteiger partial charge in [0, 0.05) is 31.2 Å². The first-order valence-corrected chi connectivity index (χ1v) is 6.00. The molecular weight excluding hydrogens is 521 g/mol. The molecule has 17 heavy (non-hydrogen) atoms. The van der Waals surface area contributed by atoms with Crippen LogP contribution in [0, 0.1) is 0 Å². The normalized spacial score (nSPS) is 10.2. The molecule has 0 aromatic carbocycles. The summed E-state index contributed by atoms with van der Waals surface area (Å²) in [6, 6.07) is 0. The fourth-order valence-corrected chi connectivity index (χ4v) is 0. The third-order valence-corrected chi connectivity index (χ3v) is 0. The summed E-state index contributed by atoms with van der Waals surface area (Å²) >= 11 is 0. The molecule has 0 aliphatic heterocycles. The summed E-state index contributed by atoms with van der Waals surface area (Å²) in [5.41, 5.74) is 0. The van der Waals surface area contributed by atoms with E-state index < -0.39 is 31.2 Å². The first-order valence-electron chi connectivity index (χ1n) is 2.00. The first kappa shape index (κ1) is 31.3. The molecule has 0 aliphatic carbocycles. The maximum Gasteiger partial charge on any atom is 4.00 e. The standard InChI is InChI=1S/Ba.Mo.3H2O4S/c;;3*1-5(2,3)4/h;;3*(H2,1,2,3,4)/q+2;+4;;;/p-6. The van der Waals surface area contributed by atoms with E-state index >= 15 is 0 Å². The Morgan fingerprint density at radius 1 is 0.471 bits per heavy atom. The van der Waals surface area contributed by atoms with Crippen molar-refractivity contribution in [1.82, 2.24) is 0 Å². The Morgan fingerprint density at radius 2 is 0.471 bits per heavy atom. The Morgan fingerprint density at radius 3 is 0.471 bits per heavy atom. The maximum absolute atomic E-state index is 8.52. The van der Waals surface area contributed by atoms with Gasteiger partial charge < -0.3 is 27.3 Å². The second-order valence-electron chi connectivity index (χ2n) is 1.22. The number of hydrogen-bond donors (Lipinski definition) is 0. The van der Waals surface area contributed by atoms with Crippen LogP contribution >= 0.6 is 0 Å². The number of hydrogen-bond acceptors (Lipinski definition) is 12. The van der Waals surface area contributed by atoms with E-state index in [2.05, 4.69) is 0 Å². The summed E-state index contributed by atoms with van der Waals surface area (Å²) < 4.78 is 102. The summed E-state index contributed by atoms with van der Waals surface area (Å²) in [6.07, 6.45) is 0. The molecule has 0 rings (SSSR count). The Hall–Kier alpha value is 1.87. The Labute approximate surface area is 151 Å². The first-order chi connectivity index (χ1) is 6.00. The molecule has 0 atom stereocenters. The van der Waals surface area contributed by atoms with Crippen molar-refractivity contribution in [2.45, 2.75) is 0 Å². The summed E-state index contributed by atoms with van der Waals surface area (Å²) in [5, 5.41) is 0. The molecule has 12 nitrogen and oxygen atoms in total. The predicted octanol–water partition coefficient (Wildman–Crippen LogP) is -4.40. The van der Waals surface area contributed by atoms with Crippen LogP contribution in [0.5, 0.6) is 0 Å². The molecule has 0 heterocycles. The average molecular weight is 521 g/mol. The molecule has 0 N–H and O–H groups in total. The molecule has 0 radical (unpaired) electrons. The molecule has 0 amide bonds. The smallest absolute Gasteiger partial charge is 0.759 e. The number of rotatable bonds is 0. The Balaban J connectivity index is -0.0000000400. The van der Waals surface area contributed by atoms with Crippen molar-refractivity contribution in [3.8, 4) is 0 Å². The molecule has 0 aliphatic rings. The zero-order valence-electron chi connectivity index (χ0n) is 7.24. The van der Waals surface area contributed by atoms with Crippen molar-refractivity contribution in [3.05, 3.63) is 0 Å². The second kappa shape index (κ2) is 12.9. The van der Waals surface area contributed by atoms with E-state index in [0.29, 0.717) is 0 Å². The molecule has 17 heteroatoms. The average Bonchev–Trinajstić information content (AvgIpc) is 1.41. The molecule has 0 aromatic rings. The summed E-state index contributed by atoms with van der Waals surface area (Å²) in [5.74, 6) is 0. The van der Waals surface area contributed by atoms with Gasteiger partial charge in [0.1, 0.15) is 0 Å². The van der Waals surface area contributed by atoms with Crippen molar-refractivity contribution in [2.24, 2.45) is 0 Å². The minimum atomic E-state index is -5.17. The molecule has 98 valence electrons. The summed E-state index contributed by atoms with van der Waals surface area (Å²) in [7, 11) is -15.5. The van der Waals surface area contributed by atoms with E-state index in [1.807, 2.05) is 0 Å². The van der Waals surface area contributed by atoms with Gasteiger partial charge in [-0.1, -0.05) is 0 Å². The molecule has 0 fully saturated rings. The fourth-order valence-electron chi connectivity index (χ4n) is 0. The SMILES string of the molecule is O=S(=O)([O-])[O-].O=S(=O)([O-])[O-].O=S(=O)([O-])[O-].[Ba+2].[Mo+4]. The van der Waals surface area contributed by atoms with E-state index in [1.165, 1.54) is 0 Å². The summed E-state index contributed by atoms with van der Waals surface area (Å²) in [4.78, 5) is 0. The minimum absolute atomic E-state index is 0. The minimum Gasteiger partial charge on any atom is -0.759 e. The van der Waals surface area contributed by atoms with Crippen LogP contribution in [-0.2, 0) is 52.3 Å². The quantitative estimate of drug-likeness (QED) is 0.167. The van der Waals surface area contributed by atoms with Crippen molar-refractivity contribution >= 4 is 80.1 Å². The van der Waals surface area contributed by atoms with Gasteiger partial charge in [0.25, 0.3) is 0 Å². The van der Waals surface area contributed by atoms with Crippen LogP contribution in [0.15, 0.2) is 0 Å². The monoisotopic (exact) mass is 524 g/mol. The van der Waals surface area contributed by atoms with Crippen LogP contribution in [0.3, 0.4) is 0 Å². The van der Waals surface area contributed by atoms with Crippen molar-refractivity contribution in [3.63, 3.8) is 0 Å². The van der Waals surface area contributed by atoms with E-state index in [4.69, 9.17) is 52.6 Å². The van der Waals surface area contributed by atoms with E-state index in [0.717, 1.165) is 0 Å². The molecule has 0 unspecified atom stereocenters. The zero-order valence-corrected chi connectivity index (χ0v) is 16.1. The van der Waals surface area contributed by atoms with Crippen molar-refractivity contribution < 1.29 is 73.6 Å². The van der Waals surface area contributed by atoms with Gasteiger partial charge in [-0.15, -0.1) is 0 Å². The van der Waals surface area contributed by atoms with Crippen LogP contribution in [-0.4, -0.2) is 101 Å². The van der Waals surface area contributed by atoms with Crippen LogP contribution in [0.2, 0.25) is 0 Å². The molecular formula is BaMoO12S3. The van der Waals surface area contributed by atoms with Gasteiger partial charge in [-0.2, -0.15) is 0 Å². The van der Waals surface area contributed by atoms with E-state index in [-0.39, 0.29) is 69.9 Å². The van der Waals surface area contributed by atoms with Crippen LogP contribution in [0.4, 0.5) is 0 Å². The third-order valence-electron chi connectivity index (χ3n) is 0. The van der Waals surface area contributed by atoms with Gasteiger partial charge in [-0.25, -0.2) is 0 Å². The molecule has 0 saturated carbocycles. The second-order valence-corrected chi connectivity index (χ2v) is 3.67. The van der Waals surface area contributed by atoms with Crippen LogP contribution in [0.25, 0.3) is 0 Å². The molecule has 0 saturated heterocycles. The largest absolute Gasteiger partial charge is 4.00 e. The topological polar surface area (TPSA) is 241 Å². The summed E-state index contributed by atoms with van der Waals surface area (Å²) in [6.45, 7) is 0. The predicted molar refractivity (Wildman–Crippen MR) is 37.2 cm³/mol. The van der Waals surface area contributed by atoms with Gasteiger partial charge in [-0.3, -0.25) is 25.3 Å². The van der Waals surface area contributed by atoms with Crippen molar-refractivity contribution in [2.75, 3.05) is 0 Å². The third kappa shape index (κ3) is 1290. The maximum atomic E-state index is 8.52. The van der Waals surface area contributed by atoms with Crippen LogP contribution in [0.1, 0.15) is 0 Å². The van der Waals surface area contributed by atoms with Gasteiger partial charge in [0.05, 0.1) is 0 Å². The molecule has 0 bridgehead atoms. The fraction of sp³-hybridized carbons (Fsp3) is 0. The van der Waals surface area contributed by atoms with E-state index in [9.17, 15) is 0 Å². The van der Waals surface area contributed by atoms with Gasteiger partial charge in [0.15, 0.2) is 0 Å². The van der Waals surface area contributed by atoms with Gasteiger partial charge in [0.2, 0.25) is 0 Å².